The monoisotopic (exact) mass is 426 g/mol. The molecule has 0 aliphatic heterocycles. The molecule has 2 heterocycles. The second-order valence-electron chi connectivity index (χ2n) is 6.80. The van der Waals surface area contributed by atoms with Gasteiger partial charge in [-0.25, -0.2) is 13.3 Å². The Morgan fingerprint density at radius 1 is 1.24 bits per heavy atom. The third-order valence-electron chi connectivity index (χ3n) is 4.43. The van der Waals surface area contributed by atoms with E-state index in [1.807, 2.05) is 0 Å². The maximum atomic E-state index is 13.4. The van der Waals surface area contributed by atoms with Gasteiger partial charge in [-0.2, -0.15) is 18.3 Å². The topological polar surface area (TPSA) is 77.2 Å². The van der Waals surface area contributed by atoms with Gasteiger partial charge in [0.1, 0.15) is 5.82 Å². The van der Waals surface area contributed by atoms with Gasteiger partial charge in [0.25, 0.3) is 0 Å². The Hall–Kier alpha value is -2.82. The molecule has 3 aromatic rings. The fraction of sp³-hybridized carbons (Fsp3) is 0.278. The number of benzene rings is 1. The number of carbonyl (C=O) groups is 1. The maximum Gasteiger partial charge on any atom is 0.474 e. The van der Waals surface area contributed by atoms with E-state index in [-0.39, 0.29) is 16.6 Å². The summed E-state index contributed by atoms with van der Waals surface area (Å²) in [5, 5.41) is 4.72. The lowest BCUT2D eigenvalue weighted by atomic mass is 10.3. The molecule has 1 fully saturated rings. The molecule has 1 atom stereocenters. The molecule has 1 aliphatic rings. The Labute approximate surface area is 162 Å². The van der Waals surface area contributed by atoms with Crippen LogP contribution >= 0.6 is 0 Å². The van der Waals surface area contributed by atoms with Crippen LogP contribution in [-0.2, 0) is 14.5 Å². The minimum atomic E-state index is -5.19. The number of carbonyl (C=O) groups excluding carboxylic acids is 1. The summed E-state index contributed by atoms with van der Waals surface area (Å²) in [6.45, 7) is 0. The van der Waals surface area contributed by atoms with Gasteiger partial charge in [-0.05, 0) is 37.0 Å². The van der Waals surface area contributed by atoms with Crippen molar-refractivity contribution in [2.45, 2.75) is 23.9 Å². The molecule has 1 aromatic carbocycles. The van der Waals surface area contributed by atoms with Crippen LogP contribution in [0.2, 0.25) is 0 Å². The number of rotatable bonds is 4. The van der Waals surface area contributed by atoms with E-state index in [0.29, 0.717) is 16.6 Å². The SMILES string of the molecule is O=C(N=S(=O)(CC1CC1)c1ccc2nn(-c3cncc(F)c3)cc2c1)C(F)(F)F. The normalized spacial score (nSPS) is 16.6. The number of fused-ring (bicyclic) bond motifs is 1. The van der Waals surface area contributed by atoms with Crippen LogP contribution in [0.1, 0.15) is 12.8 Å². The summed E-state index contributed by atoms with van der Waals surface area (Å²) in [6, 6.07) is 5.46. The van der Waals surface area contributed by atoms with Crippen molar-refractivity contribution >= 4 is 26.5 Å². The number of hydrogen-bond donors (Lipinski definition) is 0. The molecule has 2 aromatic heterocycles. The Morgan fingerprint density at radius 2 is 2.00 bits per heavy atom. The van der Waals surface area contributed by atoms with E-state index in [4.69, 9.17) is 0 Å². The summed E-state index contributed by atoms with van der Waals surface area (Å²) in [5.74, 6) is -3.05. The average Bonchev–Trinajstić information content (AvgIpc) is 3.34. The highest BCUT2D eigenvalue weighted by molar-refractivity contribution is 7.94. The third-order valence-corrected chi connectivity index (χ3v) is 6.81. The van der Waals surface area contributed by atoms with E-state index in [1.54, 1.807) is 0 Å². The number of pyridine rings is 1. The molecular weight excluding hydrogens is 412 g/mol. The van der Waals surface area contributed by atoms with Crippen LogP contribution in [0.4, 0.5) is 17.6 Å². The minimum absolute atomic E-state index is 0.0240. The lowest BCUT2D eigenvalue weighted by molar-refractivity contribution is -0.169. The molecule has 0 saturated heterocycles. The minimum Gasteiger partial charge on any atom is -0.261 e. The first kappa shape index (κ1) is 19.5. The van der Waals surface area contributed by atoms with E-state index in [0.717, 1.165) is 19.0 Å². The quantitative estimate of drug-likeness (QED) is 0.593. The van der Waals surface area contributed by atoms with Crippen molar-refractivity contribution in [2.24, 2.45) is 10.3 Å². The van der Waals surface area contributed by atoms with Crippen LogP contribution in [0.5, 0.6) is 0 Å². The summed E-state index contributed by atoms with van der Waals surface area (Å²) in [4.78, 5) is 15.2. The highest BCUT2D eigenvalue weighted by Gasteiger charge is 2.41. The smallest absolute Gasteiger partial charge is 0.261 e. The predicted molar refractivity (Wildman–Crippen MR) is 96.3 cm³/mol. The van der Waals surface area contributed by atoms with Crippen molar-refractivity contribution in [2.75, 3.05) is 5.75 Å². The summed E-state index contributed by atoms with van der Waals surface area (Å²) in [7, 11) is -3.59. The molecule has 11 heteroatoms. The number of alkyl halides is 3. The van der Waals surface area contributed by atoms with Gasteiger partial charge in [0.05, 0.1) is 33.3 Å². The zero-order chi connectivity index (χ0) is 20.8. The van der Waals surface area contributed by atoms with Crippen molar-refractivity contribution in [3.63, 3.8) is 0 Å². The lowest BCUT2D eigenvalue weighted by Gasteiger charge is -2.10. The van der Waals surface area contributed by atoms with Crippen molar-refractivity contribution < 1.29 is 26.6 Å². The summed E-state index contributed by atoms with van der Waals surface area (Å²) >= 11 is 0. The van der Waals surface area contributed by atoms with Crippen LogP contribution in [0.15, 0.2) is 52.1 Å². The zero-order valence-electron chi connectivity index (χ0n) is 14.8. The first-order chi connectivity index (χ1) is 13.6. The van der Waals surface area contributed by atoms with Gasteiger partial charge >= 0.3 is 12.1 Å². The highest BCUT2D eigenvalue weighted by Crippen LogP contribution is 2.34. The fourth-order valence-corrected chi connectivity index (χ4v) is 5.14. The first-order valence-electron chi connectivity index (χ1n) is 8.60. The highest BCUT2D eigenvalue weighted by atomic mass is 32.2. The van der Waals surface area contributed by atoms with Gasteiger partial charge in [-0.1, -0.05) is 0 Å². The zero-order valence-corrected chi connectivity index (χ0v) is 15.6. The van der Waals surface area contributed by atoms with E-state index < -0.39 is 27.6 Å². The number of amides is 1. The molecule has 1 saturated carbocycles. The fourth-order valence-electron chi connectivity index (χ4n) is 2.84. The summed E-state index contributed by atoms with van der Waals surface area (Å²) in [5.41, 5.74) is 0.798. The van der Waals surface area contributed by atoms with Gasteiger partial charge < -0.3 is 0 Å². The predicted octanol–water partition coefficient (Wildman–Crippen LogP) is 3.89. The lowest BCUT2D eigenvalue weighted by Crippen LogP contribution is -2.23. The number of halogens is 4. The van der Waals surface area contributed by atoms with Crippen molar-refractivity contribution in [3.8, 4) is 5.69 Å². The molecule has 1 amide bonds. The second kappa shape index (κ2) is 6.90. The molecular formula is C18H14F4N4O2S. The molecule has 152 valence electrons. The maximum absolute atomic E-state index is 13.4. The van der Waals surface area contributed by atoms with Crippen LogP contribution in [-0.4, -0.2) is 36.8 Å². The summed E-state index contributed by atoms with van der Waals surface area (Å²) < 4.78 is 69.2. The van der Waals surface area contributed by atoms with Gasteiger partial charge in [-0.3, -0.25) is 9.78 Å². The van der Waals surface area contributed by atoms with Crippen molar-refractivity contribution in [3.05, 3.63) is 48.7 Å². The van der Waals surface area contributed by atoms with Gasteiger partial charge in [0.15, 0.2) is 0 Å². The standard InChI is InChI=1S/C18H14F4N4O2S/c19-13-6-14(8-23-7-13)26-9-12-5-15(3-4-16(12)24-26)29(28,10-11-1-2-11)25-17(27)18(20,21)22/h3-9,11H,1-2,10H2. The van der Waals surface area contributed by atoms with E-state index in [2.05, 4.69) is 14.4 Å². The molecule has 0 radical (unpaired) electrons. The second-order valence-corrected chi connectivity index (χ2v) is 9.07. The van der Waals surface area contributed by atoms with Crippen LogP contribution in [0.3, 0.4) is 0 Å². The van der Waals surface area contributed by atoms with Crippen molar-refractivity contribution in [1.29, 1.82) is 0 Å². The van der Waals surface area contributed by atoms with Crippen molar-refractivity contribution in [1.82, 2.24) is 14.8 Å². The van der Waals surface area contributed by atoms with E-state index >= 15 is 0 Å². The van der Waals surface area contributed by atoms with Gasteiger partial charge in [0, 0.05) is 28.3 Å². The Balaban J connectivity index is 1.79. The molecule has 4 rings (SSSR count). The molecule has 0 bridgehead atoms. The molecule has 1 unspecified atom stereocenters. The first-order valence-corrected chi connectivity index (χ1v) is 10.3. The number of hydrogen-bond acceptors (Lipinski definition) is 4. The average molecular weight is 426 g/mol. The van der Waals surface area contributed by atoms with Crippen LogP contribution in [0.25, 0.3) is 16.6 Å². The van der Waals surface area contributed by atoms with Crippen LogP contribution in [0, 0.1) is 11.7 Å². The Morgan fingerprint density at radius 3 is 2.66 bits per heavy atom. The molecule has 6 nitrogen and oxygen atoms in total. The summed E-state index contributed by atoms with van der Waals surface area (Å²) in [6.07, 6.45) is 0.225. The Kier molecular flexibility index (Phi) is 4.64. The van der Waals surface area contributed by atoms with Gasteiger partial charge in [-0.15, -0.1) is 4.36 Å². The number of nitrogens with zero attached hydrogens (tertiary/aromatic N) is 4. The molecule has 29 heavy (non-hydrogen) atoms. The van der Waals surface area contributed by atoms with Gasteiger partial charge in [0.2, 0.25) is 0 Å². The molecule has 1 aliphatic carbocycles. The van der Waals surface area contributed by atoms with E-state index in [1.165, 1.54) is 41.3 Å². The van der Waals surface area contributed by atoms with E-state index in [9.17, 15) is 26.6 Å². The molecule has 0 N–H and O–H groups in total. The largest absolute Gasteiger partial charge is 0.474 e. The third kappa shape index (κ3) is 4.14. The van der Waals surface area contributed by atoms with Crippen LogP contribution < -0.4 is 0 Å². The Bertz CT molecular complexity index is 1220. The number of aromatic nitrogens is 3. The molecule has 0 spiro atoms.